The second-order valence-corrected chi connectivity index (χ2v) is 3.87. The molecule has 1 aliphatic rings. The van der Waals surface area contributed by atoms with Gasteiger partial charge in [-0.2, -0.15) is 0 Å². The van der Waals surface area contributed by atoms with E-state index in [4.69, 9.17) is 5.84 Å². The van der Waals surface area contributed by atoms with Crippen molar-refractivity contribution in [1.29, 1.82) is 0 Å². The van der Waals surface area contributed by atoms with Crippen LogP contribution in [0.25, 0.3) is 0 Å². The quantitative estimate of drug-likeness (QED) is 0.613. The van der Waals surface area contributed by atoms with Gasteiger partial charge in [-0.3, -0.25) is 5.84 Å². The van der Waals surface area contributed by atoms with Crippen molar-refractivity contribution < 1.29 is 0 Å². The minimum atomic E-state index is 1.10. The van der Waals surface area contributed by atoms with E-state index in [-0.39, 0.29) is 0 Å². The zero-order valence-corrected chi connectivity index (χ0v) is 10.2. The molecule has 0 saturated carbocycles. The van der Waals surface area contributed by atoms with Gasteiger partial charge in [0, 0.05) is 37.9 Å². The molecule has 94 valence electrons. The number of hydrazine groups is 1. The molecule has 0 amide bonds. The van der Waals surface area contributed by atoms with Gasteiger partial charge < -0.3 is 9.97 Å². The lowest BCUT2D eigenvalue weighted by Gasteiger charge is -2.20. The maximum Gasteiger partial charge on any atom is 0.0128 e. The van der Waals surface area contributed by atoms with Crippen molar-refractivity contribution in [2.75, 3.05) is 13.1 Å². The highest BCUT2D eigenvalue weighted by Gasteiger charge is 2.02. The lowest BCUT2D eigenvalue weighted by Crippen LogP contribution is -2.35. The number of aromatic amines is 2. The fourth-order valence-electron chi connectivity index (χ4n) is 1.47. The molecule has 2 aromatic rings. The summed E-state index contributed by atoms with van der Waals surface area (Å²) in [6.45, 7) is 2.19. The van der Waals surface area contributed by atoms with Crippen LogP contribution < -0.4 is 5.84 Å². The third-order valence-electron chi connectivity index (χ3n) is 2.38. The summed E-state index contributed by atoms with van der Waals surface area (Å²) in [7, 11) is 0. The van der Waals surface area contributed by atoms with Crippen LogP contribution in [0, 0.1) is 0 Å². The molecule has 4 nitrogen and oxygen atoms in total. The van der Waals surface area contributed by atoms with Crippen LogP contribution in [0.3, 0.4) is 0 Å². The lowest BCUT2D eigenvalue weighted by molar-refractivity contribution is 0.235. The van der Waals surface area contributed by atoms with Gasteiger partial charge in [-0.1, -0.05) is 6.42 Å². The third-order valence-corrected chi connectivity index (χ3v) is 2.38. The van der Waals surface area contributed by atoms with Crippen molar-refractivity contribution in [3.8, 4) is 0 Å². The normalized spacial score (nSPS) is 15.1. The van der Waals surface area contributed by atoms with Crippen LogP contribution in [0.15, 0.2) is 49.1 Å². The van der Waals surface area contributed by atoms with Crippen molar-refractivity contribution in [3.05, 3.63) is 49.1 Å². The first kappa shape index (κ1) is 13.5. The van der Waals surface area contributed by atoms with E-state index < -0.39 is 0 Å². The number of hydrogen-bond donors (Lipinski definition) is 3. The molecular formula is C13H22N4. The molecule has 1 aliphatic heterocycles. The molecule has 0 unspecified atom stereocenters. The van der Waals surface area contributed by atoms with E-state index >= 15 is 0 Å². The van der Waals surface area contributed by atoms with E-state index in [1.54, 1.807) is 0 Å². The van der Waals surface area contributed by atoms with Crippen LogP contribution >= 0.6 is 0 Å². The van der Waals surface area contributed by atoms with Gasteiger partial charge in [0.05, 0.1) is 0 Å². The Labute approximate surface area is 103 Å². The number of nitrogens with one attached hydrogen (secondary N) is 2. The number of rotatable bonds is 0. The first-order valence-electron chi connectivity index (χ1n) is 6.05. The van der Waals surface area contributed by atoms with Gasteiger partial charge >= 0.3 is 0 Å². The molecule has 4 heteroatoms. The van der Waals surface area contributed by atoms with Gasteiger partial charge in [-0.25, -0.2) is 5.01 Å². The van der Waals surface area contributed by atoms with Crippen LogP contribution in [0.5, 0.6) is 0 Å². The highest BCUT2D eigenvalue weighted by atomic mass is 15.4. The Morgan fingerprint density at radius 2 is 1.12 bits per heavy atom. The first-order chi connectivity index (χ1) is 8.39. The van der Waals surface area contributed by atoms with Gasteiger partial charge in [0.25, 0.3) is 0 Å². The second-order valence-electron chi connectivity index (χ2n) is 3.87. The Balaban J connectivity index is 0.000000130. The van der Waals surface area contributed by atoms with Crippen molar-refractivity contribution in [2.24, 2.45) is 5.84 Å². The van der Waals surface area contributed by atoms with Crippen molar-refractivity contribution >= 4 is 0 Å². The highest BCUT2D eigenvalue weighted by molar-refractivity contribution is 4.85. The molecule has 0 bridgehead atoms. The number of nitrogens with two attached hydrogens (primary N) is 1. The number of aromatic nitrogens is 2. The molecule has 2 aromatic heterocycles. The van der Waals surface area contributed by atoms with E-state index in [2.05, 4.69) is 9.97 Å². The minimum absolute atomic E-state index is 1.10. The van der Waals surface area contributed by atoms with Crippen LogP contribution in [-0.4, -0.2) is 28.1 Å². The standard InChI is InChI=1S/C5H12N2.2C4H5N/c6-7-4-2-1-3-5-7;2*1-2-4-5-3-1/h1-6H2;2*1-5H. The molecule has 3 rings (SSSR count). The predicted octanol–water partition coefficient (Wildman–Crippen LogP) is 2.38. The molecule has 0 aliphatic carbocycles. The molecule has 17 heavy (non-hydrogen) atoms. The predicted molar refractivity (Wildman–Crippen MR) is 71.2 cm³/mol. The number of H-pyrrole nitrogens is 2. The van der Waals surface area contributed by atoms with Crippen molar-refractivity contribution in [1.82, 2.24) is 15.0 Å². The largest absolute Gasteiger partial charge is 0.368 e. The molecule has 0 aromatic carbocycles. The van der Waals surface area contributed by atoms with Crippen LogP contribution in [-0.2, 0) is 0 Å². The monoisotopic (exact) mass is 234 g/mol. The summed E-state index contributed by atoms with van der Waals surface area (Å²) in [6.07, 6.45) is 11.4. The van der Waals surface area contributed by atoms with E-state index in [1.165, 1.54) is 19.3 Å². The fraction of sp³-hybridized carbons (Fsp3) is 0.385. The van der Waals surface area contributed by atoms with Crippen LogP contribution in [0.1, 0.15) is 19.3 Å². The summed E-state index contributed by atoms with van der Waals surface area (Å²) in [5.41, 5.74) is 0. The molecule has 1 fully saturated rings. The van der Waals surface area contributed by atoms with Crippen LogP contribution in [0.4, 0.5) is 0 Å². The van der Waals surface area contributed by atoms with Gasteiger partial charge in [0.15, 0.2) is 0 Å². The molecule has 0 atom stereocenters. The zero-order chi connectivity index (χ0) is 12.2. The molecular weight excluding hydrogens is 212 g/mol. The van der Waals surface area contributed by atoms with Gasteiger partial charge in [-0.15, -0.1) is 0 Å². The Hall–Kier alpha value is -1.52. The number of piperidine rings is 1. The summed E-state index contributed by atoms with van der Waals surface area (Å²) in [5.74, 6) is 5.47. The first-order valence-corrected chi connectivity index (χ1v) is 6.05. The molecule has 1 saturated heterocycles. The maximum absolute atomic E-state index is 5.47. The van der Waals surface area contributed by atoms with E-state index in [1.807, 2.05) is 54.1 Å². The Morgan fingerprint density at radius 3 is 1.29 bits per heavy atom. The SMILES string of the molecule is NN1CCCCC1.c1cc[nH]c1.c1cc[nH]c1. The zero-order valence-electron chi connectivity index (χ0n) is 10.2. The number of hydrogen-bond acceptors (Lipinski definition) is 2. The topological polar surface area (TPSA) is 60.8 Å². The summed E-state index contributed by atoms with van der Waals surface area (Å²) in [6, 6.07) is 7.78. The minimum Gasteiger partial charge on any atom is -0.368 e. The highest BCUT2D eigenvalue weighted by Crippen LogP contribution is 2.03. The Bertz CT molecular complexity index is 248. The van der Waals surface area contributed by atoms with Gasteiger partial charge in [-0.05, 0) is 37.1 Å². The average molecular weight is 234 g/mol. The summed E-state index contributed by atoms with van der Waals surface area (Å²) in [5, 5.41) is 1.89. The van der Waals surface area contributed by atoms with E-state index in [0.717, 1.165) is 13.1 Å². The third kappa shape index (κ3) is 8.30. The second kappa shape index (κ2) is 9.69. The number of nitrogens with zero attached hydrogens (tertiary/aromatic N) is 1. The van der Waals surface area contributed by atoms with Crippen molar-refractivity contribution in [3.63, 3.8) is 0 Å². The maximum atomic E-state index is 5.47. The van der Waals surface area contributed by atoms with E-state index in [0.29, 0.717) is 0 Å². The van der Waals surface area contributed by atoms with Gasteiger partial charge in [0.2, 0.25) is 0 Å². The molecule has 0 spiro atoms. The lowest BCUT2D eigenvalue weighted by atomic mass is 10.2. The molecule has 3 heterocycles. The summed E-state index contributed by atoms with van der Waals surface area (Å²) in [4.78, 5) is 5.72. The molecule has 4 N–H and O–H groups in total. The smallest absolute Gasteiger partial charge is 0.0128 e. The molecule has 0 radical (unpaired) electrons. The van der Waals surface area contributed by atoms with Gasteiger partial charge in [0.1, 0.15) is 0 Å². The summed E-state index contributed by atoms with van der Waals surface area (Å²) >= 11 is 0. The Morgan fingerprint density at radius 1 is 0.706 bits per heavy atom. The van der Waals surface area contributed by atoms with E-state index in [9.17, 15) is 0 Å². The fourth-order valence-corrected chi connectivity index (χ4v) is 1.47. The average Bonchev–Trinajstić information content (AvgIpc) is 3.09. The van der Waals surface area contributed by atoms with Crippen LogP contribution in [0.2, 0.25) is 0 Å². The van der Waals surface area contributed by atoms with Crippen molar-refractivity contribution in [2.45, 2.75) is 19.3 Å². The Kier molecular flexibility index (Phi) is 7.72. The summed E-state index contributed by atoms with van der Waals surface area (Å²) < 4.78 is 0.